The Morgan fingerprint density at radius 2 is 0.946 bits per heavy atom. The van der Waals surface area contributed by atoms with Gasteiger partial charge in [-0.2, -0.15) is 0 Å². The summed E-state index contributed by atoms with van der Waals surface area (Å²) in [6, 6.07) is 71.7. The molecule has 0 atom stereocenters. The first-order valence-electron chi connectivity index (χ1n) is 19.3. The van der Waals surface area contributed by atoms with Gasteiger partial charge in [0.1, 0.15) is 0 Å². The summed E-state index contributed by atoms with van der Waals surface area (Å²) in [7, 11) is 0. The van der Waals surface area contributed by atoms with Crippen LogP contribution >= 0.6 is 0 Å². The molecule has 1 aromatic heterocycles. The van der Waals surface area contributed by atoms with Crippen LogP contribution < -0.4 is 9.80 Å². The number of hydrogen-bond donors (Lipinski definition) is 0. The molecule has 2 nitrogen and oxygen atoms in total. The van der Waals surface area contributed by atoms with Crippen molar-refractivity contribution in [2.45, 2.75) is 19.3 Å². The van der Waals surface area contributed by atoms with E-state index < -0.39 is 0 Å². The molecule has 11 rings (SSSR count). The fourth-order valence-electron chi connectivity index (χ4n) is 9.10. The molecule has 266 valence electrons. The fourth-order valence-corrected chi connectivity index (χ4v) is 11.7. The minimum atomic E-state index is -0.0941. The van der Waals surface area contributed by atoms with Gasteiger partial charge >= 0.3 is 269 Å². The van der Waals surface area contributed by atoms with Crippen molar-refractivity contribution in [3.8, 4) is 11.1 Å². The van der Waals surface area contributed by atoms with Crippen LogP contribution in [0.4, 0.5) is 34.1 Å². The molecule has 0 aliphatic heterocycles. The quantitative estimate of drug-likeness (QED) is 0.122. The first-order valence-corrected chi connectivity index (χ1v) is 21.1. The fraction of sp³-hybridized carbons (Fsp3) is 0.0566. The van der Waals surface area contributed by atoms with Gasteiger partial charge < -0.3 is 0 Å². The summed E-state index contributed by atoms with van der Waals surface area (Å²) in [5.41, 5.74) is 12.1. The number of anilines is 6. The van der Waals surface area contributed by atoms with Gasteiger partial charge in [-0.05, 0) is 16.7 Å². The Morgan fingerprint density at radius 3 is 1.71 bits per heavy atom. The molecule has 9 aromatic carbocycles. The van der Waals surface area contributed by atoms with Gasteiger partial charge in [0.05, 0.1) is 0 Å². The number of rotatable bonds is 6. The van der Waals surface area contributed by atoms with Crippen molar-refractivity contribution >= 4 is 89.5 Å². The topological polar surface area (TPSA) is 6.48 Å². The van der Waals surface area contributed by atoms with Crippen LogP contribution in [0.5, 0.6) is 0 Å². The van der Waals surface area contributed by atoms with Crippen LogP contribution in [0.3, 0.4) is 0 Å². The van der Waals surface area contributed by atoms with E-state index in [0.29, 0.717) is 0 Å². The van der Waals surface area contributed by atoms with Crippen molar-refractivity contribution in [1.82, 2.24) is 0 Å². The molecule has 3 heteroatoms. The average molecular weight is 782 g/mol. The molecule has 1 aliphatic rings. The normalized spacial score (nSPS) is 13.0. The third kappa shape index (κ3) is 5.16. The monoisotopic (exact) mass is 782 g/mol. The maximum absolute atomic E-state index is 2.43. The van der Waals surface area contributed by atoms with Crippen molar-refractivity contribution < 1.29 is 0 Å². The van der Waals surface area contributed by atoms with Crippen LogP contribution in [0.1, 0.15) is 25.0 Å². The van der Waals surface area contributed by atoms with E-state index in [-0.39, 0.29) is 19.9 Å². The molecule has 0 saturated heterocycles. The summed E-state index contributed by atoms with van der Waals surface area (Å²) in [5, 5.41) is 8.08. The Kier molecular flexibility index (Phi) is 7.57. The molecule has 0 radical (unpaired) electrons. The van der Waals surface area contributed by atoms with Gasteiger partial charge in [-0.3, -0.25) is 0 Å². The van der Waals surface area contributed by atoms with Crippen molar-refractivity contribution in [1.29, 1.82) is 0 Å². The number of para-hydroxylation sites is 2. The molecule has 0 fully saturated rings. The van der Waals surface area contributed by atoms with Gasteiger partial charge in [0.15, 0.2) is 0 Å². The predicted molar refractivity (Wildman–Crippen MR) is 240 cm³/mol. The van der Waals surface area contributed by atoms with Crippen molar-refractivity contribution in [2.75, 3.05) is 9.80 Å². The van der Waals surface area contributed by atoms with E-state index in [0.717, 1.165) is 34.1 Å². The summed E-state index contributed by atoms with van der Waals surface area (Å²) in [6.07, 6.45) is 0. The van der Waals surface area contributed by atoms with Crippen LogP contribution in [0.2, 0.25) is 0 Å². The van der Waals surface area contributed by atoms with Crippen LogP contribution in [0.15, 0.2) is 194 Å². The molecule has 56 heavy (non-hydrogen) atoms. The van der Waals surface area contributed by atoms with E-state index in [1.165, 1.54) is 63.1 Å². The Bertz CT molecular complexity index is 3120. The zero-order chi connectivity index (χ0) is 37.4. The van der Waals surface area contributed by atoms with Crippen molar-refractivity contribution in [3.63, 3.8) is 0 Å². The summed E-state index contributed by atoms with van der Waals surface area (Å²) < 4.78 is 2.93. The van der Waals surface area contributed by atoms with Gasteiger partial charge in [0, 0.05) is 5.41 Å². The number of hydrogen-bond acceptors (Lipinski definition) is 2. The molecule has 0 spiro atoms. The van der Waals surface area contributed by atoms with Gasteiger partial charge in [0.2, 0.25) is 0 Å². The molecule has 1 heterocycles. The Morgan fingerprint density at radius 1 is 0.375 bits per heavy atom. The second-order valence-electron chi connectivity index (χ2n) is 15.4. The summed E-state index contributed by atoms with van der Waals surface area (Å²) in [5.74, 6) is 0. The SMILES string of the molecule is CC1(C)c2ccccc2-c2ccc(N(c3ccccc3)c3cccc(N(c4ccccc4)c4ccc5[se]c6c(ccc7ccc8ccccc8c76)c5c4)c3)cc21. The zero-order valence-corrected chi connectivity index (χ0v) is 33.0. The standard InChI is InChI=1S/C53H38N2Se/c1-53(2)48-23-12-11-22-44(48)45-30-27-42(34-49(45)53)55(38-17-7-4-8-18-38)40-20-13-19-39(32-40)54(37-15-5-3-6-16-37)41-28-31-50-47(33-41)46-29-26-36-25-24-35-14-9-10-21-43(35)51(36)52(46)56-50/h3-34H,1-2H3. The van der Waals surface area contributed by atoms with E-state index in [9.17, 15) is 0 Å². The molecule has 0 bridgehead atoms. The van der Waals surface area contributed by atoms with Gasteiger partial charge in [-0.1, -0.05) is 44.2 Å². The summed E-state index contributed by atoms with van der Waals surface area (Å²) in [6.45, 7) is 4.71. The third-order valence-corrected chi connectivity index (χ3v) is 14.3. The van der Waals surface area contributed by atoms with E-state index in [1.807, 2.05) is 0 Å². The van der Waals surface area contributed by atoms with E-state index >= 15 is 0 Å². The van der Waals surface area contributed by atoms with Crippen LogP contribution in [0.25, 0.3) is 52.0 Å². The van der Waals surface area contributed by atoms with Gasteiger partial charge in [-0.15, -0.1) is 0 Å². The molecule has 10 aromatic rings. The van der Waals surface area contributed by atoms with Crippen molar-refractivity contribution in [2.24, 2.45) is 0 Å². The molecule has 1 aliphatic carbocycles. The van der Waals surface area contributed by atoms with Crippen LogP contribution in [0, 0.1) is 0 Å². The molecule has 0 unspecified atom stereocenters. The Labute approximate surface area is 333 Å². The number of nitrogens with zero attached hydrogens (tertiary/aromatic N) is 2. The maximum atomic E-state index is 2.43. The Hall–Kier alpha value is -6.38. The molecule has 0 N–H and O–H groups in total. The third-order valence-electron chi connectivity index (χ3n) is 11.8. The Balaban J connectivity index is 1.07. The summed E-state index contributed by atoms with van der Waals surface area (Å²) >= 11 is 0.215. The summed E-state index contributed by atoms with van der Waals surface area (Å²) in [4.78, 5) is 4.82. The molecular formula is C53H38N2Se. The van der Waals surface area contributed by atoms with Crippen molar-refractivity contribution in [3.05, 3.63) is 205 Å². The second kappa shape index (κ2) is 12.9. The molecular weight excluding hydrogens is 744 g/mol. The first kappa shape index (κ1) is 33.0. The van der Waals surface area contributed by atoms with Crippen LogP contribution in [-0.4, -0.2) is 14.5 Å². The minimum absolute atomic E-state index is 0.0941. The average Bonchev–Trinajstić information content (AvgIpc) is 3.73. The molecule has 0 amide bonds. The first-order chi connectivity index (χ1) is 27.5. The van der Waals surface area contributed by atoms with Gasteiger partial charge in [0.25, 0.3) is 0 Å². The van der Waals surface area contributed by atoms with E-state index in [1.54, 1.807) is 0 Å². The van der Waals surface area contributed by atoms with E-state index in [4.69, 9.17) is 0 Å². The second-order valence-corrected chi connectivity index (χ2v) is 17.6. The molecule has 0 saturated carbocycles. The van der Waals surface area contributed by atoms with E-state index in [2.05, 4.69) is 218 Å². The zero-order valence-electron chi connectivity index (χ0n) is 31.3. The number of fused-ring (bicyclic) bond motifs is 10. The van der Waals surface area contributed by atoms with Crippen LogP contribution in [-0.2, 0) is 5.41 Å². The van der Waals surface area contributed by atoms with Gasteiger partial charge in [-0.25, -0.2) is 0 Å². The number of benzene rings is 9. The predicted octanol–water partition coefficient (Wildman–Crippen LogP) is 14.6.